The van der Waals surface area contributed by atoms with Crippen molar-refractivity contribution in [1.82, 2.24) is 0 Å². The number of rotatable bonds is 6. The molecule has 0 N–H and O–H groups in total. The Morgan fingerprint density at radius 2 is 0.552 bits per heavy atom. The molecule has 0 amide bonds. The van der Waals surface area contributed by atoms with Gasteiger partial charge in [-0.05, 0) is 141 Å². The molecule has 0 saturated heterocycles. The lowest BCUT2D eigenvalue weighted by Crippen LogP contribution is -2.28. The molecule has 0 aliphatic heterocycles. The minimum absolute atomic E-state index is 0.0912. The van der Waals surface area contributed by atoms with Gasteiger partial charge in [-0.15, -0.1) is 0 Å². The third-order valence-corrected chi connectivity index (χ3v) is 15.8. The lowest BCUT2D eigenvalue weighted by Gasteiger charge is -2.35. The summed E-state index contributed by atoms with van der Waals surface area (Å²) in [6, 6.07) is 87.2. The average Bonchev–Trinajstić information content (AvgIpc) is 3.92. The van der Waals surface area contributed by atoms with Crippen molar-refractivity contribution in [3.63, 3.8) is 0 Å². The lowest BCUT2D eigenvalue weighted by atomic mass is 9.66. The zero-order valence-electron chi connectivity index (χ0n) is 38.4. The zero-order chi connectivity index (χ0) is 45.1. The van der Waals surface area contributed by atoms with E-state index >= 15 is 0 Å². The Kier molecular flexibility index (Phi) is 8.62. The molecule has 0 unspecified atom stereocenters. The molecule has 0 spiro atoms. The van der Waals surface area contributed by atoms with Crippen molar-refractivity contribution in [2.75, 3.05) is 0 Å². The van der Waals surface area contributed by atoms with Crippen LogP contribution in [0.1, 0.15) is 72.2 Å². The normalized spacial score (nSPS) is 14.9. The van der Waals surface area contributed by atoms with E-state index in [0.717, 1.165) is 0 Å². The number of benzene rings is 10. The molecule has 0 heterocycles. The highest BCUT2D eigenvalue weighted by atomic mass is 14.5. The van der Waals surface area contributed by atoms with E-state index in [9.17, 15) is 0 Å². The van der Waals surface area contributed by atoms with Gasteiger partial charge in [0.15, 0.2) is 0 Å². The summed E-state index contributed by atoms with van der Waals surface area (Å²) in [4.78, 5) is 0. The molecule has 67 heavy (non-hydrogen) atoms. The van der Waals surface area contributed by atoms with Crippen LogP contribution in [0.25, 0.3) is 77.9 Å². The van der Waals surface area contributed by atoms with Gasteiger partial charge in [-0.25, -0.2) is 0 Å². The number of fused-ring (bicyclic) bond motifs is 9. The SMILES string of the molecule is CC1(C)c2ccccc2-c2c(-c3cccc(C4(c5cccc(-c6cccc7c6-c6ccccc6C7(C)C)c5)c5ccccc5-c5c(-c6cccc(-c7ccccc7)c6)cccc54)c3)cccc21. The van der Waals surface area contributed by atoms with Crippen LogP contribution in [-0.2, 0) is 16.2 Å². The summed E-state index contributed by atoms with van der Waals surface area (Å²) in [6.45, 7) is 9.50. The van der Waals surface area contributed by atoms with Crippen molar-refractivity contribution in [3.8, 4) is 77.9 Å². The van der Waals surface area contributed by atoms with Gasteiger partial charge in [-0.1, -0.05) is 240 Å². The Labute approximate surface area is 394 Å². The van der Waals surface area contributed by atoms with Crippen LogP contribution in [0, 0.1) is 0 Å². The van der Waals surface area contributed by atoms with Crippen LogP contribution >= 0.6 is 0 Å². The first kappa shape index (κ1) is 39.6. The third kappa shape index (κ3) is 5.60. The van der Waals surface area contributed by atoms with Crippen LogP contribution in [0.15, 0.2) is 231 Å². The van der Waals surface area contributed by atoms with Crippen LogP contribution in [0.4, 0.5) is 0 Å². The van der Waals surface area contributed by atoms with Gasteiger partial charge in [-0.3, -0.25) is 0 Å². The van der Waals surface area contributed by atoms with Crippen LogP contribution in [0.5, 0.6) is 0 Å². The van der Waals surface area contributed by atoms with E-state index in [-0.39, 0.29) is 10.8 Å². The Bertz CT molecular complexity index is 3480. The maximum atomic E-state index is 2.52. The van der Waals surface area contributed by atoms with Gasteiger partial charge < -0.3 is 0 Å². The predicted molar refractivity (Wildman–Crippen MR) is 281 cm³/mol. The topological polar surface area (TPSA) is 0 Å². The van der Waals surface area contributed by atoms with Crippen molar-refractivity contribution in [3.05, 3.63) is 275 Å². The summed E-state index contributed by atoms with van der Waals surface area (Å²) in [7, 11) is 0. The summed E-state index contributed by atoms with van der Waals surface area (Å²) < 4.78 is 0. The van der Waals surface area contributed by atoms with E-state index in [2.05, 4.69) is 258 Å². The second-order valence-corrected chi connectivity index (χ2v) is 19.9. The molecule has 0 radical (unpaired) electrons. The van der Waals surface area contributed by atoms with Crippen molar-refractivity contribution in [1.29, 1.82) is 0 Å². The molecule has 10 aromatic rings. The van der Waals surface area contributed by atoms with E-state index < -0.39 is 5.41 Å². The fourth-order valence-electron chi connectivity index (χ4n) is 12.7. The summed E-state index contributed by atoms with van der Waals surface area (Å²) in [5, 5.41) is 0. The number of hydrogen-bond donors (Lipinski definition) is 0. The molecule has 0 bridgehead atoms. The molecule has 0 atom stereocenters. The standard InChI is InChI=1S/C67H50/c1-65(2)56-34-11-8-28-53(56)62-51(31-17-37-59(62)65)46-24-15-26-48(41-46)67(49-27-16-25-47(42-49)52-32-18-38-60-63(52)54-29-9-12-35-57(54)66(60,3)4)58-36-13-10-30-55(58)64-50(33-19-39-61(64)67)45-23-14-22-44(40-45)43-20-6-5-7-21-43/h5-42H,1-4H3. The summed E-state index contributed by atoms with van der Waals surface area (Å²) >= 11 is 0. The zero-order valence-corrected chi connectivity index (χ0v) is 38.4. The maximum Gasteiger partial charge on any atom is 0.0714 e. The van der Waals surface area contributed by atoms with Gasteiger partial charge >= 0.3 is 0 Å². The Morgan fingerprint density at radius 3 is 1.07 bits per heavy atom. The highest BCUT2D eigenvalue weighted by Gasteiger charge is 2.48. The molecule has 3 aliphatic carbocycles. The van der Waals surface area contributed by atoms with Crippen LogP contribution in [0.2, 0.25) is 0 Å². The highest BCUT2D eigenvalue weighted by molar-refractivity contribution is 5.98. The lowest BCUT2D eigenvalue weighted by molar-refractivity contribution is 0.660. The van der Waals surface area contributed by atoms with E-state index in [1.807, 2.05) is 0 Å². The van der Waals surface area contributed by atoms with Crippen LogP contribution in [-0.4, -0.2) is 0 Å². The Balaban J connectivity index is 1.09. The summed E-state index contributed by atoms with van der Waals surface area (Å²) in [5.74, 6) is 0. The van der Waals surface area contributed by atoms with E-state index in [0.29, 0.717) is 0 Å². The minimum atomic E-state index is -0.644. The molecule has 0 saturated carbocycles. The Morgan fingerprint density at radius 1 is 0.224 bits per heavy atom. The summed E-state index contributed by atoms with van der Waals surface area (Å²) in [5.41, 5.74) is 27.7. The molecule has 13 rings (SSSR count). The highest BCUT2D eigenvalue weighted by Crippen LogP contribution is 2.60. The van der Waals surface area contributed by atoms with Crippen LogP contribution in [0.3, 0.4) is 0 Å². The molecule has 0 fully saturated rings. The van der Waals surface area contributed by atoms with Gasteiger partial charge in [0.25, 0.3) is 0 Å². The van der Waals surface area contributed by atoms with Crippen molar-refractivity contribution >= 4 is 0 Å². The third-order valence-electron chi connectivity index (χ3n) is 15.8. The first-order valence-electron chi connectivity index (χ1n) is 23.8. The molecule has 10 aromatic carbocycles. The van der Waals surface area contributed by atoms with Gasteiger partial charge in [-0.2, -0.15) is 0 Å². The van der Waals surface area contributed by atoms with Gasteiger partial charge in [0.05, 0.1) is 5.41 Å². The molecule has 3 aliphatic rings. The molecular weight excluding hydrogens is 805 g/mol. The Hall–Kier alpha value is -7.80. The van der Waals surface area contributed by atoms with Crippen molar-refractivity contribution < 1.29 is 0 Å². The van der Waals surface area contributed by atoms with Gasteiger partial charge in [0.2, 0.25) is 0 Å². The molecule has 318 valence electrons. The van der Waals surface area contributed by atoms with Crippen LogP contribution < -0.4 is 0 Å². The van der Waals surface area contributed by atoms with Crippen molar-refractivity contribution in [2.45, 2.75) is 43.9 Å². The smallest absolute Gasteiger partial charge is 0.0622 e. The van der Waals surface area contributed by atoms with E-state index in [1.165, 1.54) is 122 Å². The second-order valence-electron chi connectivity index (χ2n) is 19.9. The predicted octanol–water partition coefficient (Wildman–Crippen LogP) is 17.3. The first-order chi connectivity index (χ1) is 32.8. The quantitative estimate of drug-likeness (QED) is 0.156. The minimum Gasteiger partial charge on any atom is -0.0622 e. The summed E-state index contributed by atoms with van der Waals surface area (Å²) in [6.07, 6.45) is 0. The van der Waals surface area contributed by atoms with Gasteiger partial charge in [0.1, 0.15) is 0 Å². The monoisotopic (exact) mass is 854 g/mol. The average molecular weight is 855 g/mol. The molecule has 0 heteroatoms. The molecule has 0 aromatic heterocycles. The molecule has 0 nitrogen and oxygen atoms in total. The fourth-order valence-corrected chi connectivity index (χ4v) is 12.7. The second kappa shape index (κ2) is 14.6. The first-order valence-corrected chi connectivity index (χ1v) is 23.8. The largest absolute Gasteiger partial charge is 0.0714 e. The maximum absolute atomic E-state index is 2.52. The van der Waals surface area contributed by atoms with E-state index in [1.54, 1.807) is 0 Å². The van der Waals surface area contributed by atoms with E-state index in [4.69, 9.17) is 0 Å². The number of hydrogen-bond acceptors (Lipinski definition) is 0. The molecular formula is C67H50. The fraction of sp³-hybridized carbons (Fsp3) is 0.104. The van der Waals surface area contributed by atoms with Crippen molar-refractivity contribution in [2.24, 2.45) is 0 Å². The van der Waals surface area contributed by atoms with Gasteiger partial charge in [0, 0.05) is 10.8 Å².